The highest BCUT2D eigenvalue weighted by Crippen LogP contribution is 2.21. The van der Waals surface area contributed by atoms with E-state index in [0.29, 0.717) is 0 Å². The van der Waals surface area contributed by atoms with E-state index in [1.165, 1.54) is 0 Å². The van der Waals surface area contributed by atoms with E-state index in [0.717, 1.165) is 49.8 Å². The van der Waals surface area contributed by atoms with Crippen LogP contribution in [0.5, 0.6) is 0 Å². The predicted molar refractivity (Wildman–Crippen MR) is 76.8 cm³/mol. The van der Waals surface area contributed by atoms with Crippen LogP contribution >= 0.6 is 0 Å². The number of nitrogens with zero attached hydrogens (tertiary/aromatic N) is 5. The summed E-state index contributed by atoms with van der Waals surface area (Å²) in [6, 6.07) is 0. The van der Waals surface area contributed by atoms with E-state index in [-0.39, 0.29) is 5.91 Å². The van der Waals surface area contributed by atoms with E-state index >= 15 is 0 Å². The maximum absolute atomic E-state index is 11.4. The molecule has 1 saturated heterocycles. The smallest absolute Gasteiger partial charge is 0.219 e. The van der Waals surface area contributed by atoms with Gasteiger partial charge in [-0.2, -0.15) is 0 Å². The topological polar surface area (TPSA) is 53.7 Å². The second kappa shape index (κ2) is 5.11. The van der Waals surface area contributed by atoms with E-state index in [1.54, 1.807) is 6.92 Å². The lowest BCUT2D eigenvalue weighted by molar-refractivity contribution is -0.129. The molecule has 0 saturated carbocycles. The van der Waals surface area contributed by atoms with Crippen molar-refractivity contribution < 1.29 is 4.79 Å². The van der Waals surface area contributed by atoms with Crippen molar-refractivity contribution in [2.75, 3.05) is 31.1 Å². The molecule has 3 rings (SSSR count). The zero-order valence-electron chi connectivity index (χ0n) is 11.9. The van der Waals surface area contributed by atoms with Gasteiger partial charge in [0, 0.05) is 51.9 Å². The minimum absolute atomic E-state index is 0.147. The molecular weight excluding hydrogens is 254 g/mol. The molecule has 6 heteroatoms. The van der Waals surface area contributed by atoms with Gasteiger partial charge in [0.25, 0.3) is 0 Å². The Morgan fingerprint density at radius 2 is 2.00 bits per heavy atom. The third kappa shape index (κ3) is 2.11. The van der Waals surface area contributed by atoms with Crippen LogP contribution in [-0.4, -0.2) is 51.4 Å². The highest BCUT2D eigenvalue weighted by molar-refractivity contribution is 5.74. The molecule has 1 amide bonds. The Morgan fingerprint density at radius 1 is 1.25 bits per heavy atom. The zero-order valence-corrected chi connectivity index (χ0v) is 11.9. The number of aromatic nitrogens is 3. The first kappa shape index (κ1) is 12.9. The summed E-state index contributed by atoms with van der Waals surface area (Å²) in [6.45, 7) is 6.87. The lowest BCUT2D eigenvalue weighted by Gasteiger charge is -2.35. The van der Waals surface area contributed by atoms with Crippen molar-refractivity contribution in [1.82, 2.24) is 19.3 Å². The number of amides is 1. The van der Waals surface area contributed by atoms with Crippen molar-refractivity contribution in [2.24, 2.45) is 0 Å². The summed E-state index contributed by atoms with van der Waals surface area (Å²) < 4.78 is 2.10. The van der Waals surface area contributed by atoms with Gasteiger partial charge in [-0.3, -0.25) is 9.20 Å². The van der Waals surface area contributed by atoms with Crippen molar-refractivity contribution in [3.8, 4) is 0 Å². The molecule has 0 bridgehead atoms. The molecule has 2 aromatic rings. The number of imidazole rings is 1. The van der Waals surface area contributed by atoms with Gasteiger partial charge in [-0.1, -0.05) is 6.92 Å². The molecule has 0 spiro atoms. The first-order chi connectivity index (χ1) is 9.70. The van der Waals surface area contributed by atoms with E-state index in [1.807, 2.05) is 23.5 Å². The van der Waals surface area contributed by atoms with Gasteiger partial charge in [-0.15, -0.1) is 0 Å². The standard InChI is InChI=1S/C14H19N5O/c1-3-13-16-10-12-14(15-4-5-19(12)13)18-8-6-17(7-9-18)11(2)20/h4-5,10H,3,6-9H2,1-2H3. The Balaban J connectivity index is 1.88. The Morgan fingerprint density at radius 3 is 2.65 bits per heavy atom. The van der Waals surface area contributed by atoms with Gasteiger partial charge in [-0.25, -0.2) is 9.97 Å². The Bertz CT molecular complexity index is 628. The fourth-order valence-electron chi connectivity index (χ4n) is 2.71. The first-order valence-electron chi connectivity index (χ1n) is 7.02. The summed E-state index contributed by atoms with van der Waals surface area (Å²) in [5.74, 6) is 2.15. The third-order valence-electron chi connectivity index (χ3n) is 3.86. The maximum Gasteiger partial charge on any atom is 0.219 e. The number of carbonyl (C=O) groups is 1. The Hall–Kier alpha value is -2.11. The van der Waals surface area contributed by atoms with Crippen LogP contribution in [0.1, 0.15) is 19.7 Å². The molecule has 1 aliphatic heterocycles. The number of hydrogen-bond donors (Lipinski definition) is 0. The maximum atomic E-state index is 11.4. The first-order valence-corrected chi connectivity index (χ1v) is 7.02. The molecule has 0 atom stereocenters. The predicted octanol–water partition coefficient (Wildman–Crippen LogP) is 0.960. The van der Waals surface area contributed by atoms with E-state index in [9.17, 15) is 4.79 Å². The molecule has 3 heterocycles. The largest absolute Gasteiger partial charge is 0.351 e. The quantitative estimate of drug-likeness (QED) is 0.818. The van der Waals surface area contributed by atoms with Crippen LogP contribution in [-0.2, 0) is 11.2 Å². The third-order valence-corrected chi connectivity index (χ3v) is 3.86. The number of hydrogen-bond acceptors (Lipinski definition) is 4. The average Bonchev–Trinajstić information content (AvgIpc) is 2.90. The van der Waals surface area contributed by atoms with Gasteiger partial charge in [0.15, 0.2) is 5.82 Å². The normalized spacial score (nSPS) is 15.9. The Labute approximate surface area is 118 Å². The molecule has 0 aliphatic carbocycles. The highest BCUT2D eigenvalue weighted by atomic mass is 16.2. The van der Waals surface area contributed by atoms with Crippen molar-refractivity contribution in [3.05, 3.63) is 24.4 Å². The highest BCUT2D eigenvalue weighted by Gasteiger charge is 2.21. The summed E-state index contributed by atoms with van der Waals surface area (Å²) in [7, 11) is 0. The molecule has 20 heavy (non-hydrogen) atoms. The second-order valence-corrected chi connectivity index (χ2v) is 5.03. The monoisotopic (exact) mass is 273 g/mol. The fraction of sp³-hybridized carbons (Fsp3) is 0.500. The SMILES string of the molecule is CCc1ncc2c(N3CCN(C(C)=O)CC3)nccn12. The van der Waals surface area contributed by atoms with Gasteiger partial charge < -0.3 is 9.80 Å². The van der Waals surface area contributed by atoms with Crippen LogP contribution in [0.2, 0.25) is 0 Å². The molecule has 1 aliphatic rings. The number of rotatable bonds is 2. The molecule has 0 unspecified atom stereocenters. The van der Waals surface area contributed by atoms with Gasteiger partial charge in [0.05, 0.1) is 6.20 Å². The number of aryl methyl sites for hydroxylation is 1. The van der Waals surface area contributed by atoms with Crippen LogP contribution in [0, 0.1) is 0 Å². The van der Waals surface area contributed by atoms with Gasteiger partial charge in [0.2, 0.25) is 5.91 Å². The van der Waals surface area contributed by atoms with Crippen LogP contribution < -0.4 is 4.90 Å². The Kier molecular flexibility index (Phi) is 3.30. The zero-order chi connectivity index (χ0) is 14.1. The van der Waals surface area contributed by atoms with Crippen molar-refractivity contribution in [3.63, 3.8) is 0 Å². The molecule has 0 aromatic carbocycles. The van der Waals surface area contributed by atoms with Crippen molar-refractivity contribution >= 4 is 17.2 Å². The molecule has 0 N–H and O–H groups in total. The van der Waals surface area contributed by atoms with Gasteiger partial charge >= 0.3 is 0 Å². The summed E-state index contributed by atoms with van der Waals surface area (Å²) in [5.41, 5.74) is 1.04. The number of piperazine rings is 1. The van der Waals surface area contributed by atoms with E-state index in [2.05, 4.69) is 26.2 Å². The molecule has 106 valence electrons. The number of fused-ring (bicyclic) bond motifs is 1. The van der Waals surface area contributed by atoms with E-state index < -0.39 is 0 Å². The lowest BCUT2D eigenvalue weighted by atomic mass is 10.3. The average molecular weight is 273 g/mol. The lowest BCUT2D eigenvalue weighted by Crippen LogP contribution is -2.48. The molecule has 0 radical (unpaired) electrons. The van der Waals surface area contributed by atoms with Gasteiger partial charge in [-0.05, 0) is 0 Å². The summed E-state index contributed by atoms with van der Waals surface area (Å²) in [4.78, 5) is 24.4. The van der Waals surface area contributed by atoms with Crippen molar-refractivity contribution in [1.29, 1.82) is 0 Å². The molecule has 6 nitrogen and oxygen atoms in total. The summed E-state index contributed by atoms with van der Waals surface area (Å²) >= 11 is 0. The van der Waals surface area contributed by atoms with Crippen LogP contribution in [0.4, 0.5) is 5.82 Å². The minimum atomic E-state index is 0.147. The van der Waals surface area contributed by atoms with Crippen LogP contribution in [0.15, 0.2) is 18.6 Å². The second-order valence-electron chi connectivity index (χ2n) is 5.03. The van der Waals surface area contributed by atoms with Gasteiger partial charge in [0.1, 0.15) is 11.3 Å². The minimum Gasteiger partial charge on any atom is -0.351 e. The van der Waals surface area contributed by atoms with Crippen LogP contribution in [0.3, 0.4) is 0 Å². The van der Waals surface area contributed by atoms with Crippen molar-refractivity contribution in [2.45, 2.75) is 20.3 Å². The number of anilines is 1. The van der Waals surface area contributed by atoms with Crippen LogP contribution in [0.25, 0.3) is 5.52 Å². The number of carbonyl (C=O) groups excluding carboxylic acids is 1. The van der Waals surface area contributed by atoms with E-state index in [4.69, 9.17) is 0 Å². The summed E-state index contributed by atoms with van der Waals surface area (Å²) in [6.07, 6.45) is 6.56. The fourth-order valence-corrected chi connectivity index (χ4v) is 2.71. The summed E-state index contributed by atoms with van der Waals surface area (Å²) in [5, 5.41) is 0. The molecule has 2 aromatic heterocycles. The molecule has 1 fully saturated rings. The molecular formula is C14H19N5O.